The van der Waals surface area contributed by atoms with E-state index in [1.165, 1.54) is 10.6 Å². The molecule has 1 unspecified atom stereocenters. The van der Waals surface area contributed by atoms with E-state index in [1.807, 2.05) is 0 Å². The first-order valence-electron chi connectivity index (χ1n) is 9.05. The first kappa shape index (κ1) is 22.9. The van der Waals surface area contributed by atoms with Gasteiger partial charge in [-0.15, -0.1) is 5.10 Å². The number of piperidine rings is 1. The number of sulfonamides is 1. The summed E-state index contributed by atoms with van der Waals surface area (Å²) < 4.78 is 77.8. The topological polar surface area (TPSA) is 114 Å². The minimum absolute atomic E-state index is 0.0571. The van der Waals surface area contributed by atoms with Gasteiger partial charge in [0.25, 0.3) is 0 Å². The van der Waals surface area contributed by atoms with Gasteiger partial charge in [0.1, 0.15) is 11.3 Å². The van der Waals surface area contributed by atoms with Crippen molar-refractivity contribution < 1.29 is 31.1 Å². The van der Waals surface area contributed by atoms with Crippen LogP contribution in [0.5, 0.6) is 0 Å². The Morgan fingerprint density at radius 3 is 2.39 bits per heavy atom. The van der Waals surface area contributed by atoms with Crippen LogP contribution in [-0.4, -0.2) is 57.9 Å². The smallest absolute Gasteiger partial charge is 0.238 e. The first-order chi connectivity index (χ1) is 14.5. The van der Waals surface area contributed by atoms with Crippen LogP contribution in [0.1, 0.15) is 12.8 Å². The van der Waals surface area contributed by atoms with Gasteiger partial charge in [-0.1, -0.05) is 0 Å². The van der Waals surface area contributed by atoms with E-state index in [2.05, 4.69) is 10.1 Å². The highest BCUT2D eigenvalue weighted by atomic mass is 32.2. The second-order valence-electron chi connectivity index (χ2n) is 6.95. The third-order valence-electron chi connectivity index (χ3n) is 4.60. The summed E-state index contributed by atoms with van der Waals surface area (Å²) in [7, 11) is -3.09. The number of rotatable bonds is 2. The van der Waals surface area contributed by atoms with E-state index in [-0.39, 0.29) is 29.3 Å². The molecule has 1 atom stereocenters. The van der Waals surface area contributed by atoms with Gasteiger partial charge in [-0.25, -0.2) is 35.5 Å². The van der Waals surface area contributed by atoms with Crippen LogP contribution in [0, 0.1) is 23.3 Å². The number of fused-ring (bicyclic) bond motifs is 1. The van der Waals surface area contributed by atoms with Crippen molar-refractivity contribution in [1.82, 2.24) is 18.9 Å². The van der Waals surface area contributed by atoms with Gasteiger partial charge in [-0.3, -0.25) is 0 Å². The van der Waals surface area contributed by atoms with Crippen molar-refractivity contribution in [2.75, 3.05) is 25.1 Å². The molecular formula is C18H19F4N5O3S. The molecule has 0 radical (unpaired) electrons. The molecule has 1 aliphatic rings. The molecule has 8 nitrogen and oxygen atoms in total. The van der Waals surface area contributed by atoms with E-state index < -0.39 is 39.4 Å². The molecule has 0 amide bonds. The van der Waals surface area contributed by atoms with E-state index in [4.69, 9.17) is 10.8 Å². The van der Waals surface area contributed by atoms with Gasteiger partial charge < -0.3 is 10.8 Å². The molecule has 4 rings (SSSR count). The summed E-state index contributed by atoms with van der Waals surface area (Å²) >= 11 is 0. The fraction of sp³-hybridized carbons (Fsp3) is 0.333. The van der Waals surface area contributed by atoms with Crippen molar-refractivity contribution in [3.63, 3.8) is 0 Å². The van der Waals surface area contributed by atoms with Crippen molar-refractivity contribution >= 4 is 21.5 Å². The number of β-amino-alcohol motifs (C(OH)–C–C–N with tert-alkyl or cyclic N) is 1. The van der Waals surface area contributed by atoms with E-state index in [1.54, 1.807) is 0 Å². The molecule has 1 fully saturated rings. The maximum absolute atomic E-state index is 13.7. The normalized spacial score (nSPS) is 17.4. The quantitative estimate of drug-likeness (QED) is 0.445. The van der Waals surface area contributed by atoms with Gasteiger partial charge in [0.05, 0.1) is 24.3 Å². The van der Waals surface area contributed by atoms with Gasteiger partial charge in [-0.05, 0) is 18.9 Å². The van der Waals surface area contributed by atoms with Gasteiger partial charge in [-0.2, -0.15) is 4.31 Å². The van der Waals surface area contributed by atoms with Crippen molar-refractivity contribution in [2.24, 2.45) is 0 Å². The number of nitrogens with two attached hydrogens (primary N) is 1. The zero-order valence-corrected chi connectivity index (χ0v) is 17.1. The molecule has 3 heterocycles. The molecule has 0 aliphatic carbocycles. The third kappa shape index (κ3) is 5.11. The summed E-state index contributed by atoms with van der Waals surface area (Å²) in [5, 5.41) is 12.9. The van der Waals surface area contributed by atoms with Crippen LogP contribution in [0.25, 0.3) is 16.8 Å². The molecule has 2 aromatic heterocycles. The average molecular weight is 461 g/mol. The Morgan fingerprint density at radius 1 is 1.10 bits per heavy atom. The van der Waals surface area contributed by atoms with Crippen molar-refractivity contribution in [3.05, 3.63) is 47.7 Å². The zero-order chi connectivity index (χ0) is 22.9. The molecule has 3 aromatic rings. The monoisotopic (exact) mass is 461 g/mol. The molecule has 13 heteroatoms. The lowest BCUT2D eigenvalue weighted by Crippen LogP contribution is -2.41. The van der Waals surface area contributed by atoms with E-state index in [9.17, 15) is 26.0 Å². The SMILES string of the molecule is CS(=O)(=O)N1CCCC(O)C1.Nc1ncc2c(F)cc(-c3cc(F)c(F)cc3F)n2n1. The molecule has 1 aromatic carbocycles. The number of benzene rings is 1. The second kappa shape index (κ2) is 8.77. The Hall–Kier alpha value is -2.77. The number of anilines is 1. The van der Waals surface area contributed by atoms with Crippen molar-refractivity contribution in [1.29, 1.82) is 0 Å². The van der Waals surface area contributed by atoms with E-state index in [0.29, 0.717) is 25.1 Å². The summed E-state index contributed by atoms with van der Waals surface area (Å²) in [5.41, 5.74) is 4.89. The molecular weight excluding hydrogens is 442 g/mol. The fourth-order valence-electron chi connectivity index (χ4n) is 3.10. The highest BCUT2D eigenvalue weighted by Gasteiger charge is 2.24. The predicted octanol–water partition coefficient (Wildman–Crippen LogP) is 1.94. The maximum atomic E-state index is 13.7. The molecule has 0 saturated carbocycles. The predicted molar refractivity (Wildman–Crippen MR) is 104 cm³/mol. The molecule has 0 bridgehead atoms. The first-order valence-corrected chi connectivity index (χ1v) is 10.9. The molecule has 31 heavy (non-hydrogen) atoms. The van der Waals surface area contributed by atoms with Gasteiger partial charge >= 0.3 is 0 Å². The lowest BCUT2D eigenvalue weighted by Gasteiger charge is -2.27. The summed E-state index contributed by atoms with van der Waals surface area (Å²) in [5.74, 6) is -4.53. The number of hydrogen-bond donors (Lipinski definition) is 2. The van der Waals surface area contributed by atoms with Crippen LogP contribution in [0.2, 0.25) is 0 Å². The number of aromatic nitrogens is 3. The van der Waals surface area contributed by atoms with Crippen LogP contribution in [0.15, 0.2) is 24.4 Å². The third-order valence-corrected chi connectivity index (χ3v) is 5.87. The van der Waals surface area contributed by atoms with Gasteiger partial charge in [0, 0.05) is 30.8 Å². The summed E-state index contributed by atoms with van der Waals surface area (Å²) in [4.78, 5) is 3.61. The van der Waals surface area contributed by atoms with Crippen molar-refractivity contribution in [3.8, 4) is 11.3 Å². The minimum Gasteiger partial charge on any atom is -0.392 e. The fourth-order valence-corrected chi connectivity index (χ4v) is 4.00. The molecule has 0 spiro atoms. The zero-order valence-electron chi connectivity index (χ0n) is 16.3. The number of aliphatic hydroxyl groups excluding tert-OH is 1. The molecule has 1 aliphatic heterocycles. The lowest BCUT2D eigenvalue weighted by atomic mass is 10.1. The molecule has 1 saturated heterocycles. The maximum Gasteiger partial charge on any atom is 0.238 e. The second-order valence-corrected chi connectivity index (χ2v) is 8.94. The Balaban J connectivity index is 0.000000210. The summed E-state index contributed by atoms with van der Waals surface area (Å²) in [6, 6.07) is 1.95. The highest BCUT2D eigenvalue weighted by molar-refractivity contribution is 7.88. The van der Waals surface area contributed by atoms with Gasteiger partial charge in [0.2, 0.25) is 16.0 Å². The number of halogens is 4. The van der Waals surface area contributed by atoms with Crippen LogP contribution in [0.4, 0.5) is 23.5 Å². The largest absolute Gasteiger partial charge is 0.392 e. The lowest BCUT2D eigenvalue weighted by molar-refractivity contribution is 0.108. The molecule has 168 valence electrons. The van der Waals surface area contributed by atoms with Crippen LogP contribution in [-0.2, 0) is 10.0 Å². The number of nitrogens with zero attached hydrogens (tertiary/aromatic N) is 4. The minimum atomic E-state index is -3.09. The van der Waals surface area contributed by atoms with Crippen LogP contribution in [0.3, 0.4) is 0 Å². The van der Waals surface area contributed by atoms with E-state index >= 15 is 0 Å². The Kier molecular flexibility index (Phi) is 6.48. The van der Waals surface area contributed by atoms with Crippen molar-refractivity contribution in [2.45, 2.75) is 18.9 Å². The van der Waals surface area contributed by atoms with Gasteiger partial charge in [0.15, 0.2) is 17.5 Å². The Morgan fingerprint density at radius 2 is 1.77 bits per heavy atom. The Bertz CT molecular complexity index is 1220. The van der Waals surface area contributed by atoms with Crippen LogP contribution < -0.4 is 5.73 Å². The average Bonchev–Trinajstić information content (AvgIpc) is 3.00. The number of hydrogen-bond acceptors (Lipinski definition) is 6. The van der Waals surface area contributed by atoms with E-state index in [0.717, 1.165) is 23.2 Å². The standard InChI is InChI=1S/C12H6F4N4.C6H13NO3S/c13-6-2-8(15)7(14)1-5(6)10-3-9(16)11-4-18-12(17)19-20(10)11;1-11(9,10)7-4-2-3-6(8)5-7/h1-4H,(H2,17,19);6,8H,2-5H2,1H3. The highest BCUT2D eigenvalue weighted by Crippen LogP contribution is 2.28. The summed E-state index contributed by atoms with van der Waals surface area (Å²) in [6.07, 6.45) is 3.28. The van der Waals surface area contributed by atoms with Crippen LogP contribution >= 0.6 is 0 Å². The number of aliphatic hydroxyl groups is 1. The number of nitrogen functional groups attached to an aromatic ring is 1. The molecule has 3 N–H and O–H groups in total. The Labute approximate surface area is 175 Å². The summed E-state index contributed by atoms with van der Waals surface area (Å²) in [6.45, 7) is 0.814.